The Morgan fingerprint density at radius 1 is 1.20 bits per heavy atom. The Hall–Kier alpha value is -1.50. The molecule has 0 heterocycles. The predicted molar refractivity (Wildman–Crippen MR) is 85.9 cm³/mol. The molecule has 0 aliphatic rings. The molecular weight excluding hydrogens is 338 g/mol. The van der Waals surface area contributed by atoms with Gasteiger partial charge in [-0.2, -0.15) is 0 Å². The fourth-order valence-corrected chi connectivity index (χ4v) is 3.43. The number of nitrogen functional groups attached to an aromatic ring is 1. The molecule has 20 heavy (non-hydrogen) atoms. The number of anilines is 1. The van der Waals surface area contributed by atoms with Crippen molar-refractivity contribution in [2.75, 3.05) is 5.73 Å². The van der Waals surface area contributed by atoms with Gasteiger partial charge in [0.05, 0.1) is 0 Å². The quantitative estimate of drug-likeness (QED) is 0.260. The number of nitrogens with two attached hydrogens (primary N) is 2. The van der Waals surface area contributed by atoms with Crippen molar-refractivity contribution in [3.63, 3.8) is 0 Å². The minimum atomic E-state index is -0.416. The van der Waals surface area contributed by atoms with Crippen LogP contribution in [0.4, 0.5) is 5.69 Å². The highest BCUT2D eigenvalue weighted by atomic mass is 79.9. The molecule has 0 bridgehead atoms. The molecule has 0 fully saturated rings. The smallest absolute Gasteiger partial charge is 0.251 e. The summed E-state index contributed by atoms with van der Waals surface area (Å²) in [5, 5.41) is -0.416. The molecular formula is C14H14BrN3OS. The van der Waals surface area contributed by atoms with Crippen LogP contribution < -0.4 is 17.0 Å². The van der Waals surface area contributed by atoms with E-state index in [0.29, 0.717) is 5.69 Å². The molecule has 2 aromatic rings. The maximum atomic E-state index is 12.0. The average molecular weight is 352 g/mol. The second-order valence-electron chi connectivity index (χ2n) is 4.11. The van der Waals surface area contributed by atoms with Gasteiger partial charge >= 0.3 is 0 Å². The van der Waals surface area contributed by atoms with Crippen molar-refractivity contribution in [2.45, 2.75) is 10.1 Å². The molecule has 5 N–H and O–H groups in total. The summed E-state index contributed by atoms with van der Waals surface area (Å²) in [4.78, 5) is 12.9. The minimum Gasteiger partial charge on any atom is -0.399 e. The third-order valence-electron chi connectivity index (χ3n) is 2.68. The van der Waals surface area contributed by atoms with Crippen molar-refractivity contribution in [2.24, 2.45) is 5.84 Å². The first-order valence-electron chi connectivity index (χ1n) is 5.89. The molecule has 0 saturated heterocycles. The molecule has 2 aromatic carbocycles. The summed E-state index contributed by atoms with van der Waals surface area (Å²) in [6, 6.07) is 15.0. The van der Waals surface area contributed by atoms with Crippen LogP contribution in [0.2, 0.25) is 0 Å². The molecule has 0 aromatic heterocycles. The summed E-state index contributed by atoms with van der Waals surface area (Å²) in [5.41, 5.74) is 9.49. The van der Waals surface area contributed by atoms with Crippen molar-refractivity contribution in [3.05, 3.63) is 58.6 Å². The Morgan fingerprint density at radius 3 is 2.50 bits per heavy atom. The molecule has 0 aliphatic carbocycles. The number of nitrogens with one attached hydrogen (secondary N) is 1. The van der Waals surface area contributed by atoms with Gasteiger partial charge in [0, 0.05) is 15.1 Å². The molecule has 4 nitrogen and oxygen atoms in total. The van der Waals surface area contributed by atoms with Crippen molar-refractivity contribution < 1.29 is 4.79 Å². The Kier molecular flexibility index (Phi) is 5.05. The second kappa shape index (κ2) is 6.78. The van der Waals surface area contributed by atoms with E-state index in [-0.39, 0.29) is 5.91 Å². The van der Waals surface area contributed by atoms with Gasteiger partial charge in [0.25, 0.3) is 5.91 Å². The molecule has 1 unspecified atom stereocenters. The lowest BCUT2D eigenvalue weighted by Gasteiger charge is -2.16. The van der Waals surface area contributed by atoms with Crippen LogP contribution in [-0.4, -0.2) is 5.91 Å². The number of hydrogen-bond donors (Lipinski definition) is 3. The molecule has 1 amide bonds. The van der Waals surface area contributed by atoms with Crippen LogP contribution in [0.3, 0.4) is 0 Å². The lowest BCUT2D eigenvalue weighted by atomic mass is 10.1. The molecule has 0 saturated carbocycles. The van der Waals surface area contributed by atoms with Crippen LogP contribution in [0.5, 0.6) is 0 Å². The molecule has 2 rings (SSSR count). The largest absolute Gasteiger partial charge is 0.399 e. The third-order valence-corrected chi connectivity index (χ3v) is 4.93. The van der Waals surface area contributed by atoms with Crippen LogP contribution in [0.15, 0.2) is 57.9 Å². The van der Waals surface area contributed by atoms with E-state index in [9.17, 15) is 4.79 Å². The van der Waals surface area contributed by atoms with E-state index >= 15 is 0 Å². The van der Waals surface area contributed by atoms with Crippen LogP contribution >= 0.6 is 27.7 Å². The average Bonchev–Trinajstić information content (AvgIpc) is 2.46. The summed E-state index contributed by atoms with van der Waals surface area (Å²) in [6.07, 6.45) is 0. The van der Waals surface area contributed by atoms with Crippen molar-refractivity contribution >= 4 is 39.3 Å². The van der Waals surface area contributed by atoms with E-state index < -0.39 is 5.25 Å². The van der Waals surface area contributed by atoms with Crippen molar-refractivity contribution in [3.8, 4) is 0 Å². The Balaban J connectivity index is 2.31. The number of carbonyl (C=O) groups is 1. The molecule has 0 spiro atoms. The number of hydrogen-bond acceptors (Lipinski definition) is 4. The zero-order valence-corrected chi connectivity index (χ0v) is 12.9. The highest BCUT2D eigenvalue weighted by Gasteiger charge is 2.22. The number of benzene rings is 2. The monoisotopic (exact) mass is 351 g/mol. The minimum absolute atomic E-state index is 0.245. The zero-order valence-electron chi connectivity index (χ0n) is 10.5. The summed E-state index contributed by atoms with van der Waals surface area (Å²) < 4.78 is 0.855. The number of carbonyl (C=O) groups excluding carboxylic acids is 1. The normalized spacial score (nSPS) is 11.9. The fraction of sp³-hybridized carbons (Fsp3) is 0.0714. The van der Waals surface area contributed by atoms with E-state index in [1.807, 2.05) is 42.5 Å². The van der Waals surface area contributed by atoms with E-state index in [2.05, 4.69) is 21.4 Å². The van der Waals surface area contributed by atoms with Crippen LogP contribution in [0.1, 0.15) is 10.8 Å². The van der Waals surface area contributed by atoms with Crippen molar-refractivity contribution in [1.82, 2.24) is 5.43 Å². The number of halogens is 1. The fourth-order valence-electron chi connectivity index (χ4n) is 1.72. The SMILES string of the molecule is NNC(=O)C(Sc1ccc(N)cc1Br)c1ccccc1. The van der Waals surface area contributed by atoms with Crippen molar-refractivity contribution in [1.29, 1.82) is 0 Å². The molecule has 6 heteroatoms. The maximum absolute atomic E-state index is 12.0. The zero-order chi connectivity index (χ0) is 14.5. The third kappa shape index (κ3) is 3.53. The van der Waals surface area contributed by atoms with Gasteiger partial charge in [-0.05, 0) is 39.7 Å². The maximum Gasteiger partial charge on any atom is 0.251 e. The number of rotatable bonds is 4. The first-order valence-corrected chi connectivity index (χ1v) is 7.56. The van der Waals surface area contributed by atoms with Gasteiger partial charge in [-0.25, -0.2) is 5.84 Å². The van der Waals surface area contributed by atoms with E-state index in [4.69, 9.17) is 11.6 Å². The molecule has 1 atom stereocenters. The Morgan fingerprint density at radius 2 is 1.90 bits per heavy atom. The topological polar surface area (TPSA) is 81.1 Å². The van der Waals surface area contributed by atoms with Crippen LogP contribution in [0, 0.1) is 0 Å². The molecule has 0 aliphatic heterocycles. The number of hydrazine groups is 1. The number of thioether (sulfide) groups is 1. The standard InChI is InChI=1S/C14H14BrN3OS/c15-11-8-10(16)6-7-12(11)20-13(14(19)18-17)9-4-2-1-3-5-9/h1-8,13H,16-17H2,(H,18,19). The van der Waals surface area contributed by atoms with E-state index in [0.717, 1.165) is 14.9 Å². The van der Waals surface area contributed by atoms with Gasteiger partial charge in [-0.15, -0.1) is 11.8 Å². The molecule has 0 radical (unpaired) electrons. The Bertz CT molecular complexity index is 607. The van der Waals surface area contributed by atoms with E-state index in [1.165, 1.54) is 11.8 Å². The van der Waals surface area contributed by atoms with Gasteiger partial charge in [0.15, 0.2) is 0 Å². The lowest BCUT2D eigenvalue weighted by Crippen LogP contribution is -2.33. The number of amides is 1. The first kappa shape index (κ1) is 14.9. The van der Waals surface area contributed by atoms with Crippen LogP contribution in [-0.2, 0) is 4.79 Å². The summed E-state index contributed by atoms with van der Waals surface area (Å²) in [6.45, 7) is 0. The van der Waals surface area contributed by atoms with Gasteiger partial charge in [-0.3, -0.25) is 10.2 Å². The molecule has 104 valence electrons. The lowest BCUT2D eigenvalue weighted by molar-refractivity contribution is -0.120. The van der Waals surface area contributed by atoms with Gasteiger partial charge < -0.3 is 5.73 Å². The summed E-state index contributed by atoms with van der Waals surface area (Å²) in [7, 11) is 0. The highest BCUT2D eigenvalue weighted by Crippen LogP contribution is 2.39. The van der Waals surface area contributed by atoms with Gasteiger partial charge in [-0.1, -0.05) is 30.3 Å². The second-order valence-corrected chi connectivity index (χ2v) is 6.11. The first-order chi connectivity index (χ1) is 9.61. The summed E-state index contributed by atoms with van der Waals surface area (Å²) >= 11 is 4.87. The van der Waals surface area contributed by atoms with Crippen LogP contribution in [0.25, 0.3) is 0 Å². The van der Waals surface area contributed by atoms with Gasteiger partial charge in [0.1, 0.15) is 5.25 Å². The highest BCUT2D eigenvalue weighted by molar-refractivity contribution is 9.10. The van der Waals surface area contributed by atoms with E-state index in [1.54, 1.807) is 6.07 Å². The predicted octanol–water partition coefficient (Wildman–Crippen LogP) is 2.85. The Labute approximate surface area is 130 Å². The van der Waals surface area contributed by atoms with Gasteiger partial charge in [0.2, 0.25) is 0 Å². The summed E-state index contributed by atoms with van der Waals surface area (Å²) in [5.74, 6) is 5.04.